The van der Waals surface area contributed by atoms with Gasteiger partial charge in [-0.05, 0) is 66.9 Å². The van der Waals surface area contributed by atoms with Crippen LogP contribution in [-0.2, 0) is 20.9 Å². The first-order chi connectivity index (χ1) is 19.1. The van der Waals surface area contributed by atoms with Crippen molar-refractivity contribution < 1.29 is 28.3 Å². The lowest BCUT2D eigenvalue weighted by atomic mass is 9.92. The van der Waals surface area contributed by atoms with Gasteiger partial charge in [0.1, 0.15) is 17.2 Å². The fourth-order valence-electron chi connectivity index (χ4n) is 4.76. The second-order valence-corrected chi connectivity index (χ2v) is 11.8. The van der Waals surface area contributed by atoms with Gasteiger partial charge in [-0.3, -0.25) is 9.36 Å². The summed E-state index contributed by atoms with van der Waals surface area (Å²) in [5.41, 5.74) is 3.31. The molecule has 8 nitrogen and oxygen atoms in total. The van der Waals surface area contributed by atoms with E-state index in [1.165, 1.54) is 0 Å². The summed E-state index contributed by atoms with van der Waals surface area (Å²) < 4.78 is 23.6. The first kappa shape index (κ1) is 29.6. The van der Waals surface area contributed by atoms with E-state index in [0.29, 0.717) is 52.9 Å². The van der Waals surface area contributed by atoms with Crippen LogP contribution in [0.4, 0.5) is 5.69 Å². The number of ether oxygens (including phenoxy) is 1. The normalized spacial score (nSPS) is 11.8. The number of carbonyl (C=O) groups is 1. The van der Waals surface area contributed by atoms with Crippen LogP contribution in [0.5, 0.6) is 5.75 Å². The minimum absolute atomic E-state index is 0.135. The number of oxazole rings is 1. The van der Waals surface area contributed by atoms with Crippen molar-refractivity contribution in [1.29, 1.82) is 0 Å². The summed E-state index contributed by atoms with van der Waals surface area (Å²) in [5.74, 6) is 1.48. The summed E-state index contributed by atoms with van der Waals surface area (Å²) in [6, 6.07) is 21.3. The van der Waals surface area contributed by atoms with E-state index in [1.54, 1.807) is 57.4 Å². The molecule has 0 aliphatic rings. The van der Waals surface area contributed by atoms with Gasteiger partial charge in [0.05, 0.1) is 12.3 Å². The lowest BCUT2D eigenvalue weighted by molar-refractivity contribution is -0.116. The Kier molecular flexibility index (Phi) is 9.16. The van der Waals surface area contributed by atoms with Crippen molar-refractivity contribution in [2.75, 3.05) is 12.4 Å². The number of rotatable bonds is 11. The van der Waals surface area contributed by atoms with Crippen molar-refractivity contribution in [1.82, 2.24) is 4.98 Å². The van der Waals surface area contributed by atoms with Crippen molar-refractivity contribution >= 4 is 30.8 Å². The molecule has 3 N–H and O–H groups in total. The van der Waals surface area contributed by atoms with Crippen LogP contribution in [0.3, 0.4) is 0 Å². The Morgan fingerprint density at radius 1 is 0.975 bits per heavy atom. The molecule has 0 fully saturated rings. The predicted octanol–water partition coefficient (Wildman–Crippen LogP) is 7.43. The van der Waals surface area contributed by atoms with Crippen LogP contribution in [0, 0.1) is 0 Å². The van der Waals surface area contributed by atoms with Crippen LogP contribution in [0.2, 0.25) is 5.02 Å². The molecule has 4 aromatic rings. The Morgan fingerprint density at radius 3 is 2.12 bits per heavy atom. The molecule has 1 heterocycles. The molecule has 0 spiro atoms. The Hall–Kier alpha value is -3.42. The van der Waals surface area contributed by atoms with Gasteiger partial charge in [0.15, 0.2) is 0 Å². The van der Waals surface area contributed by atoms with Gasteiger partial charge in [-0.25, -0.2) is 4.98 Å². The van der Waals surface area contributed by atoms with Gasteiger partial charge in [0, 0.05) is 34.7 Å². The number of amides is 1. The molecule has 40 heavy (non-hydrogen) atoms. The number of hydrogen-bond acceptors (Lipinski definition) is 5. The highest BCUT2D eigenvalue weighted by Crippen LogP contribution is 2.60. The Balaban J connectivity index is 1.51. The molecule has 10 heteroatoms. The molecule has 0 saturated heterocycles. The molecule has 3 aromatic carbocycles. The van der Waals surface area contributed by atoms with Crippen LogP contribution in [0.15, 0.2) is 77.2 Å². The van der Waals surface area contributed by atoms with Gasteiger partial charge in [-0.1, -0.05) is 49.7 Å². The zero-order chi connectivity index (χ0) is 28.9. The Bertz CT molecular complexity index is 1490. The summed E-state index contributed by atoms with van der Waals surface area (Å²) in [6.07, 6.45) is 1.03. The molecule has 0 aliphatic carbocycles. The standard InChI is InChI=1S/C30H32ClN2O6P/c1-4-30(5-2,40(35,36)37)22-10-14-24(15-11-22)32-27(34)19-18-26-28(20-6-12-23(31)13-7-20)33-29(39-26)21-8-16-25(38-3)17-9-21/h6-17H,4-5,18-19H2,1-3H3,(H,32,34)(H2,35,36,37). The highest BCUT2D eigenvalue weighted by Gasteiger charge is 2.45. The number of aryl methyl sites for hydroxylation is 1. The lowest BCUT2D eigenvalue weighted by Gasteiger charge is -2.33. The number of nitrogens with zero attached hydrogens (tertiary/aromatic N) is 1. The van der Waals surface area contributed by atoms with Gasteiger partial charge in [0.2, 0.25) is 11.8 Å². The smallest absolute Gasteiger partial charge is 0.335 e. The van der Waals surface area contributed by atoms with Gasteiger partial charge >= 0.3 is 7.60 Å². The van der Waals surface area contributed by atoms with Crippen molar-refractivity contribution in [3.05, 3.63) is 89.1 Å². The fourth-order valence-corrected chi connectivity index (χ4v) is 6.20. The van der Waals surface area contributed by atoms with Gasteiger partial charge in [-0.2, -0.15) is 0 Å². The van der Waals surface area contributed by atoms with E-state index in [1.807, 2.05) is 36.4 Å². The van der Waals surface area contributed by atoms with Crippen molar-refractivity contribution in [2.45, 2.75) is 44.7 Å². The number of nitrogens with one attached hydrogen (secondary N) is 1. The third-order valence-corrected chi connectivity index (χ3v) is 9.42. The third kappa shape index (κ3) is 6.31. The first-order valence-electron chi connectivity index (χ1n) is 13.0. The summed E-state index contributed by atoms with van der Waals surface area (Å²) in [6.45, 7) is 3.53. The molecule has 0 saturated carbocycles. The molecule has 1 aromatic heterocycles. The average molecular weight is 583 g/mol. The average Bonchev–Trinajstić information content (AvgIpc) is 3.37. The largest absolute Gasteiger partial charge is 0.497 e. The van der Waals surface area contributed by atoms with Gasteiger partial charge in [0.25, 0.3) is 0 Å². The first-order valence-corrected chi connectivity index (χ1v) is 14.9. The van der Waals surface area contributed by atoms with E-state index < -0.39 is 12.8 Å². The van der Waals surface area contributed by atoms with Crippen LogP contribution in [0.25, 0.3) is 22.7 Å². The minimum atomic E-state index is -4.39. The molecule has 1 amide bonds. The third-order valence-electron chi connectivity index (χ3n) is 7.16. The monoisotopic (exact) mass is 582 g/mol. The summed E-state index contributed by atoms with van der Waals surface area (Å²) in [5, 5.41) is 2.21. The lowest BCUT2D eigenvalue weighted by Crippen LogP contribution is -2.24. The molecule has 0 atom stereocenters. The van der Waals surface area contributed by atoms with Crippen LogP contribution in [-0.4, -0.2) is 27.8 Å². The topological polar surface area (TPSA) is 122 Å². The summed E-state index contributed by atoms with van der Waals surface area (Å²) in [4.78, 5) is 37.6. The zero-order valence-electron chi connectivity index (χ0n) is 22.6. The van der Waals surface area contributed by atoms with Crippen LogP contribution in [0.1, 0.15) is 44.4 Å². The van der Waals surface area contributed by atoms with Crippen molar-refractivity contribution in [3.63, 3.8) is 0 Å². The second-order valence-electron chi connectivity index (χ2n) is 9.43. The highest BCUT2D eigenvalue weighted by molar-refractivity contribution is 7.53. The molecule has 0 bridgehead atoms. The van der Waals surface area contributed by atoms with Gasteiger partial charge in [-0.15, -0.1) is 0 Å². The molecular formula is C30H32ClN2O6P. The molecular weight excluding hydrogens is 551 g/mol. The van der Waals surface area contributed by atoms with Gasteiger partial charge < -0.3 is 24.3 Å². The Labute approximate surface area is 238 Å². The fraction of sp³-hybridized carbons (Fsp3) is 0.267. The van der Waals surface area contributed by atoms with Crippen LogP contribution < -0.4 is 10.1 Å². The number of aromatic nitrogens is 1. The van der Waals surface area contributed by atoms with E-state index >= 15 is 0 Å². The molecule has 0 radical (unpaired) electrons. The van der Waals surface area contributed by atoms with E-state index in [2.05, 4.69) is 5.32 Å². The number of carbonyl (C=O) groups excluding carboxylic acids is 1. The summed E-state index contributed by atoms with van der Waals surface area (Å²) in [7, 11) is -2.79. The second kappa shape index (κ2) is 12.4. The number of methoxy groups -OCH3 is 1. The quantitative estimate of drug-likeness (QED) is 0.157. The van der Waals surface area contributed by atoms with Crippen molar-refractivity contribution in [2.24, 2.45) is 0 Å². The Morgan fingerprint density at radius 2 is 1.57 bits per heavy atom. The maximum Gasteiger partial charge on any atom is 0.335 e. The number of halogens is 1. The number of anilines is 1. The zero-order valence-corrected chi connectivity index (χ0v) is 24.2. The van der Waals surface area contributed by atoms with E-state index in [0.717, 1.165) is 16.9 Å². The number of benzene rings is 3. The number of hydrogen-bond donors (Lipinski definition) is 3. The highest BCUT2D eigenvalue weighted by atomic mass is 35.5. The maximum atomic E-state index is 12.8. The maximum absolute atomic E-state index is 12.8. The molecule has 0 aliphatic heterocycles. The predicted molar refractivity (Wildman–Crippen MR) is 157 cm³/mol. The summed E-state index contributed by atoms with van der Waals surface area (Å²) >= 11 is 6.07. The molecule has 210 valence electrons. The minimum Gasteiger partial charge on any atom is -0.497 e. The molecule has 4 rings (SSSR count). The van der Waals surface area contributed by atoms with E-state index in [9.17, 15) is 19.1 Å². The SMILES string of the molecule is CCC(CC)(c1ccc(NC(=O)CCc2oc(-c3ccc(OC)cc3)nc2-c2ccc(Cl)cc2)cc1)P(=O)(O)O. The van der Waals surface area contributed by atoms with Crippen LogP contribution >= 0.6 is 19.2 Å². The van der Waals surface area contributed by atoms with E-state index in [4.69, 9.17) is 25.7 Å². The van der Waals surface area contributed by atoms with E-state index in [-0.39, 0.29) is 12.3 Å². The van der Waals surface area contributed by atoms with Crippen molar-refractivity contribution in [3.8, 4) is 28.5 Å². The molecule has 0 unspecified atom stereocenters.